The van der Waals surface area contributed by atoms with E-state index in [1.807, 2.05) is 30.3 Å². The fourth-order valence-corrected chi connectivity index (χ4v) is 13.7. The Bertz CT molecular complexity index is 1980. The predicted octanol–water partition coefficient (Wildman–Crippen LogP) is 8.54. The predicted molar refractivity (Wildman–Crippen MR) is 203 cm³/mol. The van der Waals surface area contributed by atoms with Gasteiger partial charge in [0.1, 0.15) is 5.75 Å². The van der Waals surface area contributed by atoms with E-state index in [9.17, 15) is 0 Å². The number of hydrogen-bond donors (Lipinski definition) is 2. The Morgan fingerprint density at radius 1 is 0.489 bits per heavy atom. The van der Waals surface area contributed by atoms with E-state index in [0.29, 0.717) is 5.75 Å². The third kappa shape index (κ3) is 6.30. The summed E-state index contributed by atoms with van der Waals surface area (Å²) in [6, 6.07) is 56.3. The van der Waals surface area contributed by atoms with Crippen LogP contribution < -0.4 is 20.6 Å². The van der Waals surface area contributed by atoms with Crippen LogP contribution in [-0.2, 0) is 0 Å². The van der Waals surface area contributed by atoms with Crippen molar-refractivity contribution in [2.45, 2.75) is 37.8 Å². The summed E-state index contributed by atoms with van der Waals surface area (Å²) in [5.74, 6) is 0.466. The Morgan fingerprint density at radius 2 is 0.979 bits per heavy atom. The van der Waals surface area contributed by atoms with Crippen molar-refractivity contribution in [2.75, 3.05) is 0 Å². The molecule has 0 radical (unpaired) electrons. The fraction of sp³-hybridized carbons (Fsp3) is 0.143. The van der Waals surface area contributed by atoms with Crippen LogP contribution in [0.25, 0.3) is 32.3 Å². The third-order valence-electron chi connectivity index (χ3n) is 9.83. The molecule has 234 valence electrons. The zero-order chi connectivity index (χ0) is 32.1. The molecule has 3 nitrogen and oxygen atoms in total. The van der Waals surface area contributed by atoms with Crippen molar-refractivity contribution >= 4 is 62.8 Å². The first kappa shape index (κ1) is 31.2. The van der Waals surface area contributed by atoms with Gasteiger partial charge in [0.15, 0.2) is 0 Å². The van der Waals surface area contributed by atoms with Crippen LogP contribution in [0.5, 0.6) is 5.75 Å². The maximum atomic E-state index is 9.14. The van der Waals surface area contributed by atoms with Crippen molar-refractivity contribution in [3.8, 4) is 5.75 Å². The van der Waals surface area contributed by atoms with Crippen LogP contribution in [0.3, 0.4) is 0 Å². The van der Waals surface area contributed by atoms with Crippen molar-refractivity contribution in [1.29, 1.82) is 0 Å². The van der Waals surface area contributed by atoms with Gasteiger partial charge in [-0.1, -0.05) is 48.5 Å². The van der Waals surface area contributed by atoms with E-state index in [2.05, 4.69) is 121 Å². The molecule has 0 aliphatic heterocycles. The summed E-state index contributed by atoms with van der Waals surface area (Å²) in [4.78, 5) is 0. The molecule has 0 amide bonds. The van der Waals surface area contributed by atoms with Crippen LogP contribution in [0, 0.1) is 0 Å². The van der Waals surface area contributed by atoms with E-state index in [0.717, 1.165) is 32.6 Å². The van der Waals surface area contributed by atoms with E-state index in [4.69, 9.17) is 14.7 Å². The Hall–Kier alpha value is -4.47. The SMILES string of the molecule is OB(O)Oc1cccc2ccc3cc4ccccc4cc3c12.c1ccc([PH](c2ccccc2)(c2ccccc2)C2CCCCC2)cc1. The average molecular weight is 635 g/mol. The molecule has 0 aromatic heterocycles. The van der Waals surface area contributed by atoms with Gasteiger partial charge in [-0.3, -0.25) is 0 Å². The van der Waals surface area contributed by atoms with E-state index >= 15 is 0 Å². The molecular formula is C42H40BO3P. The minimum atomic E-state index is -2.02. The van der Waals surface area contributed by atoms with E-state index in [1.54, 1.807) is 22.0 Å². The normalized spacial score (nSPS) is 14.0. The molecule has 7 aromatic rings. The first-order valence-electron chi connectivity index (χ1n) is 16.7. The Labute approximate surface area is 278 Å². The summed E-state index contributed by atoms with van der Waals surface area (Å²) in [5, 5.41) is 29.3. The molecule has 0 saturated heterocycles. The van der Waals surface area contributed by atoms with Crippen molar-refractivity contribution in [3.05, 3.63) is 158 Å². The van der Waals surface area contributed by atoms with Gasteiger partial charge in [-0.2, -0.15) is 0 Å². The molecule has 1 aliphatic rings. The molecular weight excluding hydrogens is 594 g/mol. The molecule has 5 heteroatoms. The van der Waals surface area contributed by atoms with Crippen molar-refractivity contribution in [3.63, 3.8) is 0 Å². The first-order valence-corrected chi connectivity index (χ1v) is 18.8. The molecule has 7 aromatic carbocycles. The summed E-state index contributed by atoms with van der Waals surface area (Å²) >= 11 is 0. The number of hydrogen-bond acceptors (Lipinski definition) is 3. The maximum absolute atomic E-state index is 9.14. The second kappa shape index (κ2) is 14.1. The van der Waals surface area contributed by atoms with Gasteiger partial charge in [0.25, 0.3) is 0 Å². The minimum absolute atomic E-state index is 0.466. The van der Waals surface area contributed by atoms with E-state index in [-0.39, 0.29) is 0 Å². The Balaban J connectivity index is 0.000000151. The van der Waals surface area contributed by atoms with Gasteiger partial charge in [-0.15, -0.1) is 0 Å². The molecule has 1 saturated carbocycles. The summed E-state index contributed by atoms with van der Waals surface area (Å²) in [6.07, 6.45) is 6.90. The van der Waals surface area contributed by atoms with Gasteiger partial charge in [0.05, 0.1) is 0 Å². The van der Waals surface area contributed by atoms with Gasteiger partial charge in [0, 0.05) is 5.39 Å². The first-order chi connectivity index (χ1) is 23.1. The zero-order valence-electron chi connectivity index (χ0n) is 26.5. The van der Waals surface area contributed by atoms with Crippen LogP contribution in [0.15, 0.2) is 158 Å². The summed E-state index contributed by atoms with van der Waals surface area (Å²) in [6.45, 7) is 0. The van der Waals surface area contributed by atoms with Gasteiger partial charge >= 0.3 is 159 Å². The van der Waals surface area contributed by atoms with Gasteiger partial charge in [-0.05, 0) is 45.1 Å². The van der Waals surface area contributed by atoms with Crippen LogP contribution >= 0.6 is 7.26 Å². The Kier molecular flexibility index (Phi) is 9.35. The molecule has 8 rings (SSSR count). The monoisotopic (exact) mass is 634 g/mol. The zero-order valence-corrected chi connectivity index (χ0v) is 27.5. The van der Waals surface area contributed by atoms with Crippen LogP contribution in [-0.4, -0.2) is 23.0 Å². The average Bonchev–Trinajstić information content (AvgIpc) is 3.13. The molecule has 1 fully saturated rings. The van der Waals surface area contributed by atoms with Crippen molar-refractivity contribution in [1.82, 2.24) is 0 Å². The molecule has 0 bridgehead atoms. The van der Waals surface area contributed by atoms with Crippen LogP contribution in [0.2, 0.25) is 0 Å². The molecule has 0 atom stereocenters. The standard InChI is InChI=1S/C24H27P.C18H13BO3/c1-5-13-21(14-6-1)25(22-15-7-2-8-16-22,23-17-9-3-10-18-23)24-19-11-4-12-20-24;20-19(21)22-17-7-3-6-12-8-9-15-10-13-4-1-2-5-14(13)11-16(15)18(12)17/h1-3,5-10,13-18,24-25H,4,11-12,19-20H2;1-11,20-21H. The van der Waals surface area contributed by atoms with Gasteiger partial charge in [-0.25, -0.2) is 0 Å². The summed E-state index contributed by atoms with van der Waals surface area (Å²) in [5.41, 5.74) is 0.786. The summed E-state index contributed by atoms with van der Waals surface area (Å²) < 4.78 is 5.16. The second-order valence-electron chi connectivity index (χ2n) is 12.5. The van der Waals surface area contributed by atoms with E-state index in [1.165, 1.54) is 37.5 Å². The topological polar surface area (TPSA) is 49.7 Å². The Morgan fingerprint density at radius 3 is 1.53 bits per heavy atom. The molecule has 0 heterocycles. The van der Waals surface area contributed by atoms with Crippen LogP contribution in [0.4, 0.5) is 0 Å². The third-order valence-corrected chi connectivity index (χ3v) is 15.4. The molecule has 0 spiro atoms. The summed E-state index contributed by atoms with van der Waals surface area (Å²) in [7, 11) is -3.86. The number of benzene rings is 7. The number of fused-ring (bicyclic) bond motifs is 4. The van der Waals surface area contributed by atoms with Crippen LogP contribution in [0.1, 0.15) is 32.1 Å². The van der Waals surface area contributed by atoms with Crippen molar-refractivity contribution in [2.24, 2.45) is 0 Å². The van der Waals surface area contributed by atoms with Gasteiger partial charge in [0.2, 0.25) is 0 Å². The molecule has 0 unspecified atom stereocenters. The molecule has 47 heavy (non-hydrogen) atoms. The van der Waals surface area contributed by atoms with Gasteiger partial charge < -0.3 is 14.7 Å². The fourth-order valence-electron chi connectivity index (χ4n) is 7.82. The van der Waals surface area contributed by atoms with Crippen molar-refractivity contribution < 1.29 is 14.7 Å². The molecule has 1 aliphatic carbocycles. The second-order valence-corrected chi connectivity index (χ2v) is 16.7. The van der Waals surface area contributed by atoms with E-state index < -0.39 is 14.6 Å². The quantitative estimate of drug-likeness (QED) is 0.0835. The number of rotatable bonds is 6. The molecule has 2 N–H and O–H groups in total.